The molecule has 10 heteroatoms. The van der Waals surface area contributed by atoms with Crippen molar-refractivity contribution < 1.29 is 44.3 Å². The molecule has 0 saturated heterocycles. The molecule has 0 aliphatic heterocycles. The largest absolute Gasteiger partial charge is 0.457 e. The lowest BCUT2D eigenvalue weighted by atomic mass is 9.78. The Kier molecular flexibility index (Phi) is 76.7. The Hall–Kier alpha value is -10.7. The highest BCUT2D eigenvalue weighted by Crippen LogP contribution is 2.45. The summed E-state index contributed by atoms with van der Waals surface area (Å²) in [6.07, 6.45) is -14.0. The summed E-state index contributed by atoms with van der Waals surface area (Å²) in [5.41, 5.74) is 2.92. The summed E-state index contributed by atoms with van der Waals surface area (Å²) < 4.78 is 122. The van der Waals surface area contributed by atoms with Crippen molar-refractivity contribution in [2.24, 2.45) is 0 Å². The van der Waals surface area contributed by atoms with E-state index < -0.39 is 40.8 Å². The maximum absolute atomic E-state index is 12.9. The Bertz CT molecular complexity index is 3950. The van der Waals surface area contributed by atoms with Gasteiger partial charge in [0.2, 0.25) is 0 Å². The van der Waals surface area contributed by atoms with Crippen LogP contribution in [0.3, 0.4) is 0 Å². The highest BCUT2D eigenvalue weighted by molar-refractivity contribution is 5.82. The van der Waals surface area contributed by atoms with E-state index in [1.165, 1.54) is 75.5 Å². The molecule has 117 heavy (non-hydrogen) atoms. The summed E-state index contributed by atoms with van der Waals surface area (Å²) in [7, 11) is 0. The minimum atomic E-state index is -4.85. The van der Waals surface area contributed by atoms with Crippen LogP contribution in [0.15, 0.2) is 364 Å². The average Bonchev–Trinajstić information content (AvgIpc) is 0.785. The first-order valence-electron chi connectivity index (χ1n) is 41.8. The summed E-state index contributed by atoms with van der Waals surface area (Å²) in [4.78, 5) is 0. The van der Waals surface area contributed by atoms with Gasteiger partial charge in [0, 0.05) is 11.0 Å². The Morgan fingerprint density at radius 3 is 0.675 bits per heavy atom. The van der Waals surface area contributed by atoms with Crippen molar-refractivity contribution in [3.8, 4) is 44.9 Å². The molecule has 0 aromatic heterocycles. The molecule has 0 aliphatic rings. The molecule has 0 unspecified atom stereocenters. The summed E-state index contributed by atoms with van der Waals surface area (Å²) in [5.74, 6) is 1.74. The van der Waals surface area contributed by atoms with Gasteiger partial charge < -0.3 is 4.74 Å². The Labute approximate surface area is 704 Å². The number of hydrogen-bond donors (Lipinski definition) is 0. The lowest BCUT2D eigenvalue weighted by Gasteiger charge is -2.25. The molecule has 13 rings (SSSR count). The van der Waals surface area contributed by atoms with Gasteiger partial charge in [-0.1, -0.05) is 502 Å². The second kappa shape index (κ2) is 76.6. The van der Waals surface area contributed by atoms with E-state index in [4.69, 9.17) is 4.74 Å². The number of ether oxygens (including phenoxy) is 1. The quantitative estimate of drug-likeness (QED) is 0.145. The van der Waals surface area contributed by atoms with E-state index in [9.17, 15) is 39.5 Å². The Morgan fingerprint density at radius 1 is 0.197 bits per heavy atom. The van der Waals surface area contributed by atoms with Gasteiger partial charge in [-0.2, -0.15) is 39.5 Å². The van der Waals surface area contributed by atoms with E-state index in [1.54, 1.807) is 18.2 Å². The molecule has 0 heterocycles. The number of rotatable bonds is 7. The van der Waals surface area contributed by atoms with Crippen LogP contribution >= 0.6 is 0 Å². The molecule has 13 aromatic rings. The molecule has 0 aliphatic carbocycles. The lowest BCUT2D eigenvalue weighted by Crippen LogP contribution is -2.18. The zero-order valence-electron chi connectivity index (χ0n) is 75.5. The lowest BCUT2D eigenvalue weighted by molar-refractivity contribution is -0.142. The Morgan fingerprint density at radius 2 is 0.402 bits per heavy atom. The monoisotopic (exact) mass is 1610 g/mol. The molecule has 0 saturated carbocycles. The number of halogens is 9. The number of fused-ring (bicyclic) bond motifs is 1. The highest BCUT2D eigenvalue weighted by atomic mass is 19.4. The van der Waals surface area contributed by atoms with Crippen molar-refractivity contribution in [3.63, 3.8) is 0 Å². The van der Waals surface area contributed by atoms with Gasteiger partial charge in [0.15, 0.2) is 0 Å². The third kappa shape index (κ3) is 49.1. The van der Waals surface area contributed by atoms with E-state index in [0.29, 0.717) is 17.7 Å². The number of aryl methyl sites for hydroxylation is 1. The number of hydrogen-bond acceptors (Lipinski definition) is 1. The van der Waals surface area contributed by atoms with Crippen LogP contribution in [0, 0.1) is 6.92 Å². The van der Waals surface area contributed by atoms with E-state index in [-0.39, 0.29) is 16.5 Å². The van der Waals surface area contributed by atoms with Gasteiger partial charge in [0.25, 0.3) is 0 Å². The summed E-state index contributed by atoms with van der Waals surface area (Å²) in [6.45, 7) is 54.3. The zero-order chi connectivity index (χ0) is 90.4. The molecule has 1 nitrogen and oxygen atoms in total. The van der Waals surface area contributed by atoms with Gasteiger partial charge in [-0.3, -0.25) is 0 Å². The van der Waals surface area contributed by atoms with Gasteiger partial charge in [0.05, 0.1) is 16.7 Å². The van der Waals surface area contributed by atoms with Gasteiger partial charge in [-0.25, -0.2) is 0 Å². The molecule has 0 atom stereocenters. The van der Waals surface area contributed by atoms with Gasteiger partial charge in [-0.15, -0.1) is 0 Å². The summed E-state index contributed by atoms with van der Waals surface area (Å²) in [6, 6.07) is 112. The topological polar surface area (TPSA) is 9.23 Å². The number of alkyl halides is 9. The van der Waals surface area contributed by atoms with Crippen molar-refractivity contribution in [1.29, 1.82) is 0 Å². The normalized spacial score (nSPS) is 9.20. The predicted octanol–water partition coefficient (Wildman–Crippen LogP) is 37.8. The van der Waals surface area contributed by atoms with Crippen LogP contribution in [0.2, 0.25) is 0 Å². The van der Waals surface area contributed by atoms with Crippen LogP contribution in [-0.2, 0) is 23.9 Å². The smallest absolute Gasteiger partial charge is 0.417 e. The molecular formula is C107H141F9O. The molecular weight excluding hydrogens is 1470 g/mol. The molecule has 638 valence electrons. The van der Waals surface area contributed by atoms with Crippen molar-refractivity contribution in [2.75, 3.05) is 0 Å². The van der Waals surface area contributed by atoms with Crippen molar-refractivity contribution >= 4 is 10.8 Å². The van der Waals surface area contributed by atoms with Crippen molar-refractivity contribution in [1.82, 2.24) is 0 Å². The third-order valence-electron chi connectivity index (χ3n) is 14.3. The first-order valence-corrected chi connectivity index (χ1v) is 41.8. The maximum Gasteiger partial charge on any atom is 0.417 e. The average molecular weight is 1610 g/mol. The Balaban J connectivity index is -0.000000298. The van der Waals surface area contributed by atoms with E-state index in [1.807, 2.05) is 294 Å². The van der Waals surface area contributed by atoms with Crippen LogP contribution in [0.25, 0.3) is 44.2 Å². The number of para-hydroxylation sites is 2. The summed E-state index contributed by atoms with van der Waals surface area (Å²) in [5, 5.41) is 2.62. The van der Waals surface area contributed by atoms with Crippen LogP contribution < -0.4 is 4.74 Å². The predicted molar refractivity (Wildman–Crippen MR) is 500 cm³/mol. The molecule has 0 spiro atoms. The van der Waals surface area contributed by atoms with Gasteiger partial charge >= 0.3 is 18.5 Å². The molecule has 0 bridgehead atoms. The number of benzene rings is 13. The fourth-order valence-corrected chi connectivity index (χ4v) is 9.55. The SMILES string of the molecule is CC.CC.CC.CC.CC.CC.CC.CC.CC.CC.CC.CC.CC(C)(c1ccccc1)c1ccccc1.Cc1ccccc1-c1ccccc1C(F)(F)F.FC(F)(F)c1cccc(C(F)(F)F)c1-c1ccccc1.c1ccc(-c2ccccc2)cc1.c1ccc(Oc2ccccc2)cc1.c1ccc2ccccc2c1.c1ccccc1. The minimum absolute atomic E-state index is 0.0858. The fourth-order valence-electron chi connectivity index (χ4n) is 9.55. The second-order valence-corrected chi connectivity index (χ2v) is 21.3. The summed E-state index contributed by atoms with van der Waals surface area (Å²) >= 11 is 0. The zero-order valence-corrected chi connectivity index (χ0v) is 75.5. The standard InChI is InChI=1S/C15H16.C14H8F6.C14H11F3.C12H10O.C12H10.C10H8.C6H6.12C2H6/c1-15(2,13-9-5-3-6-10-13)14-11-7-4-8-12-14;15-13(16,17)10-7-4-8-11(14(18,19)20)12(10)9-5-2-1-3-6-9;1-10-6-2-3-7-11(10)12-8-4-5-9-13(12)14(15,16)17;1-3-7-11(8-4-1)13-12-9-5-2-6-10-12;1-3-7-11(8-4-1)12-9-5-2-6-10-12;1-2-6-10-8-4-3-7-9(10)5-1;1-2-4-6-5-3-1;12*1-2/h3-12H,1-2H3;1-8H;2-9H,1H3;1-10H;1-10H;1-8H;1-6H;12*1-2H3. The van der Waals surface area contributed by atoms with Crippen LogP contribution in [-0.4, -0.2) is 0 Å². The second-order valence-electron chi connectivity index (χ2n) is 21.3. The van der Waals surface area contributed by atoms with E-state index in [0.717, 1.165) is 29.2 Å². The van der Waals surface area contributed by atoms with E-state index >= 15 is 0 Å². The maximum atomic E-state index is 12.9. The van der Waals surface area contributed by atoms with Crippen LogP contribution in [0.5, 0.6) is 11.5 Å². The molecule has 13 aromatic carbocycles. The van der Waals surface area contributed by atoms with Crippen molar-refractivity contribution in [3.05, 3.63) is 397 Å². The minimum Gasteiger partial charge on any atom is -0.457 e. The van der Waals surface area contributed by atoms with Gasteiger partial charge in [-0.05, 0) is 105 Å². The van der Waals surface area contributed by atoms with E-state index in [2.05, 4.69) is 172 Å². The molecule has 0 N–H and O–H groups in total. The first kappa shape index (κ1) is 117. The molecule has 0 fully saturated rings. The fraction of sp³-hybridized carbons (Fsp3) is 0.290. The first-order chi connectivity index (χ1) is 56.8. The van der Waals surface area contributed by atoms with Crippen LogP contribution in [0.1, 0.15) is 213 Å². The highest BCUT2D eigenvalue weighted by Gasteiger charge is 2.41. The molecule has 0 amide bonds. The third-order valence-corrected chi connectivity index (χ3v) is 14.3. The van der Waals surface area contributed by atoms with Gasteiger partial charge in [0.1, 0.15) is 11.5 Å². The van der Waals surface area contributed by atoms with Crippen LogP contribution in [0.4, 0.5) is 39.5 Å². The van der Waals surface area contributed by atoms with Crippen molar-refractivity contribution in [2.45, 2.75) is 211 Å². The molecule has 0 radical (unpaired) electrons.